The van der Waals surface area contributed by atoms with Crippen LogP contribution in [-0.4, -0.2) is 85.4 Å². The SMILES string of the molecule is CN(C)S(=O)(=O)c1ccc(N=C2NN(C3(CC#N)CCN(C(=O)CC(F)(F)F)CC3)C3=CC=NC(=O)C32)cc1. The van der Waals surface area contributed by atoms with E-state index in [1.54, 1.807) is 11.1 Å². The molecule has 1 aromatic carbocycles. The Labute approximate surface area is 223 Å². The number of nitrogens with one attached hydrogen (secondary N) is 1. The molecule has 0 radical (unpaired) electrons. The minimum absolute atomic E-state index is 0.00302. The topological polar surface area (TPSA) is 139 Å². The minimum atomic E-state index is -4.62. The van der Waals surface area contributed by atoms with Crippen LogP contribution in [0.3, 0.4) is 0 Å². The molecule has 1 unspecified atom stereocenters. The molecule has 4 rings (SSSR count). The first-order valence-corrected chi connectivity index (χ1v) is 13.4. The number of carbonyl (C=O) groups excluding carboxylic acids is 2. The number of allylic oxidation sites excluding steroid dienone is 1. The van der Waals surface area contributed by atoms with Crippen molar-refractivity contribution in [3.8, 4) is 6.07 Å². The maximum atomic E-state index is 12.8. The first-order chi connectivity index (χ1) is 18.3. The predicted octanol–water partition coefficient (Wildman–Crippen LogP) is 2.13. The normalized spacial score (nSPS) is 22.0. The number of likely N-dealkylation sites (tertiary alicyclic amines) is 1. The summed E-state index contributed by atoms with van der Waals surface area (Å²) in [6, 6.07) is 7.89. The highest BCUT2D eigenvalue weighted by Crippen LogP contribution is 2.40. The van der Waals surface area contributed by atoms with Crippen LogP contribution < -0.4 is 5.43 Å². The van der Waals surface area contributed by atoms with Gasteiger partial charge < -0.3 is 4.90 Å². The summed E-state index contributed by atoms with van der Waals surface area (Å²) in [6.07, 6.45) is -2.91. The third-order valence-electron chi connectivity index (χ3n) is 6.89. The van der Waals surface area contributed by atoms with Gasteiger partial charge in [0.1, 0.15) is 18.2 Å². The molecule has 1 atom stereocenters. The van der Waals surface area contributed by atoms with Crippen LogP contribution in [0.15, 0.2) is 50.9 Å². The standard InChI is InChI=1S/C24H26F3N7O4S/c1-32(2)39(37,38)17-5-3-16(4-6-17)30-21-20-18(7-12-29-22(20)36)34(31-21)23(8-11-28)9-13-33(14-10-23)19(35)15-24(25,26)27/h3-7,12,20H,8-10,13-15H2,1-2H3,(H,30,31). The van der Waals surface area contributed by atoms with Crippen LogP contribution in [0, 0.1) is 17.2 Å². The molecule has 11 nitrogen and oxygen atoms in total. The van der Waals surface area contributed by atoms with Gasteiger partial charge in [0.05, 0.1) is 34.3 Å². The Morgan fingerprint density at radius 1 is 1.26 bits per heavy atom. The van der Waals surface area contributed by atoms with E-state index in [1.807, 2.05) is 0 Å². The largest absolute Gasteiger partial charge is 0.397 e. The van der Waals surface area contributed by atoms with Crippen LogP contribution in [0.1, 0.15) is 25.7 Å². The summed E-state index contributed by atoms with van der Waals surface area (Å²) in [5.41, 5.74) is 3.01. The quantitative estimate of drug-likeness (QED) is 0.558. The van der Waals surface area contributed by atoms with Gasteiger partial charge in [-0.2, -0.15) is 18.4 Å². The van der Waals surface area contributed by atoms with Crippen molar-refractivity contribution in [2.45, 2.75) is 42.3 Å². The minimum Gasteiger partial charge on any atom is -0.342 e. The van der Waals surface area contributed by atoms with Gasteiger partial charge in [0.2, 0.25) is 15.9 Å². The summed E-state index contributed by atoms with van der Waals surface area (Å²) < 4.78 is 64.0. The fourth-order valence-electron chi connectivity index (χ4n) is 4.80. The van der Waals surface area contributed by atoms with E-state index in [0.717, 1.165) is 9.21 Å². The third-order valence-corrected chi connectivity index (χ3v) is 8.72. The number of hydrogen-bond acceptors (Lipinski definition) is 7. The Bertz CT molecular complexity index is 1390. The number of fused-ring (bicyclic) bond motifs is 1. The number of sulfonamides is 1. The van der Waals surface area contributed by atoms with Gasteiger partial charge in [0.15, 0.2) is 0 Å². The second-order valence-corrected chi connectivity index (χ2v) is 11.8. The number of dihydropyridines is 1. The zero-order valence-electron chi connectivity index (χ0n) is 21.1. The van der Waals surface area contributed by atoms with Gasteiger partial charge >= 0.3 is 6.18 Å². The third kappa shape index (κ3) is 5.66. The highest BCUT2D eigenvalue weighted by molar-refractivity contribution is 7.89. The highest BCUT2D eigenvalue weighted by atomic mass is 32.2. The number of amidine groups is 1. The number of piperidine rings is 1. The number of alkyl halides is 3. The molecular formula is C24H26F3N7O4S. The maximum absolute atomic E-state index is 12.8. The number of halogens is 3. The monoisotopic (exact) mass is 565 g/mol. The van der Waals surface area contributed by atoms with Gasteiger partial charge in [0, 0.05) is 33.4 Å². The Kier molecular flexibility index (Phi) is 7.55. The number of aliphatic imine (C=N–C) groups is 2. The van der Waals surface area contributed by atoms with Crippen molar-refractivity contribution in [2.24, 2.45) is 15.9 Å². The molecule has 0 spiro atoms. The van der Waals surface area contributed by atoms with Gasteiger partial charge in [-0.15, -0.1) is 0 Å². The summed E-state index contributed by atoms with van der Waals surface area (Å²) in [7, 11) is -0.822. The fourth-order valence-corrected chi connectivity index (χ4v) is 5.70. The van der Waals surface area contributed by atoms with Crippen LogP contribution in [0.25, 0.3) is 0 Å². The first-order valence-electron chi connectivity index (χ1n) is 11.9. The lowest BCUT2D eigenvalue weighted by molar-refractivity contribution is -0.163. The average molecular weight is 566 g/mol. The molecule has 0 bridgehead atoms. The second-order valence-electron chi connectivity index (χ2n) is 9.60. The van der Waals surface area contributed by atoms with Crippen LogP contribution in [0.4, 0.5) is 18.9 Å². The van der Waals surface area contributed by atoms with Crippen molar-refractivity contribution < 1.29 is 31.2 Å². The molecule has 3 aliphatic heterocycles. The molecule has 0 saturated carbocycles. The zero-order chi connectivity index (χ0) is 28.6. The van der Waals surface area contributed by atoms with Gasteiger partial charge in [-0.05, 0) is 43.2 Å². The molecule has 208 valence electrons. The molecule has 2 saturated heterocycles. The lowest BCUT2D eigenvalue weighted by atomic mass is 9.83. The molecule has 15 heteroatoms. The molecule has 3 heterocycles. The van der Waals surface area contributed by atoms with Crippen molar-refractivity contribution in [1.82, 2.24) is 19.6 Å². The molecule has 2 fully saturated rings. The number of hydrazine groups is 1. The molecule has 2 amide bonds. The van der Waals surface area contributed by atoms with Crippen LogP contribution in [-0.2, 0) is 19.6 Å². The molecule has 0 aliphatic carbocycles. The molecule has 1 N–H and O–H groups in total. The van der Waals surface area contributed by atoms with Crippen molar-refractivity contribution in [3.63, 3.8) is 0 Å². The Morgan fingerprint density at radius 3 is 2.46 bits per heavy atom. The van der Waals surface area contributed by atoms with E-state index in [9.17, 15) is 36.4 Å². The Hall–Kier alpha value is -3.77. The maximum Gasteiger partial charge on any atom is 0.397 e. The summed E-state index contributed by atoms with van der Waals surface area (Å²) in [6.45, 7) is 0.00604. The van der Waals surface area contributed by atoms with Gasteiger partial charge in [-0.1, -0.05) is 0 Å². The molecular weight excluding hydrogens is 539 g/mol. The highest BCUT2D eigenvalue weighted by Gasteiger charge is 2.51. The van der Waals surface area contributed by atoms with E-state index >= 15 is 0 Å². The number of amides is 2. The Balaban J connectivity index is 1.62. The van der Waals surface area contributed by atoms with Crippen molar-refractivity contribution >= 4 is 39.6 Å². The summed E-state index contributed by atoms with van der Waals surface area (Å²) in [5, 5.41) is 11.3. The lowest BCUT2D eigenvalue weighted by Crippen LogP contribution is -2.58. The molecule has 0 aromatic heterocycles. The van der Waals surface area contributed by atoms with E-state index in [1.165, 1.54) is 44.6 Å². The Morgan fingerprint density at radius 2 is 1.90 bits per heavy atom. The second kappa shape index (κ2) is 10.4. The van der Waals surface area contributed by atoms with Crippen LogP contribution in [0.5, 0.6) is 0 Å². The number of rotatable bonds is 6. The summed E-state index contributed by atoms with van der Waals surface area (Å²) >= 11 is 0. The number of carbonyl (C=O) groups is 2. The van der Waals surface area contributed by atoms with Crippen LogP contribution >= 0.6 is 0 Å². The molecule has 39 heavy (non-hydrogen) atoms. The van der Waals surface area contributed by atoms with E-state index in [-0.39, 0.29) is 43.1 Å². The van der Waals surface area contributed by atoms with E-state index in [0.29, 0.717) is 11.4 Å². The zero-order valence-corrected chi connectivity index (χ0v) is 22.0. The number of nitrogens with zero attached hydrogens (tertiary/aromatic N) is 6. The van der Waals surface area contributed by atoms with Gasteiger partial charge in [0.25, 0.3) is 5.91 Å². The van der Waals surface area contributed by atoms with Gasteiger partial charge in [-0.3, -0.25) is 20.0 Å². The molecule has 3 aliphatic rings. The number of nitriles is 1. The summed E-state index contributed by atoms with van der Waals surface area (Å²) in [5.74, 6) is -2.24. The predicted molar refractivity (Wildman–Crippen MR) is 134 cm³/mol. The molecule has 1 aromatic rings. The smallest absolute Gasteiger partial charge is 0.342 e. The van der Waals surface area contributed by atoms with E-state index < -0.39 is 45.9 Å². The van der Waals surface area contributed by atoms with Gasteiger partial charge in [-0.25, -0.2) is 22.7 Å². The van der Waals surface area contributed by atoms with Crippen molar-refractivity contribution in [3.05, 3.63) is 36.0 Å². The van der Waals surface area contributed by atoms with Crippen LogP contribution in [0.2, 0.25) is 0 Å². The van der Waals surface area contributed by atoms with E-state index in [4.69, 9.17) is 0 Å². The number of hydrogen-bond donors (Lipinski definition) is 1. The lowest BCUT2D eigenvalue weighted by Gasteiger charge is -2.47. The summed E-state index contributed by atoms with van der Waals surface area (Å²) in [4.78, 5) is 34.5. The van der Waals surface area contributed by atoms with Crippen molar-refractivity contribution in [2.75, 3.05) is 27.2 Å². The number of benzene rings is 1. The van der Waals surface area contributed by atoms with E-state index in [2.05, 4.69) is 21.5 Å². The fraction of sp³-hybridized carbons (Fsp3) is 0.458. The first kappa shape index (κ1) is 28.2. The van der Waals surface area contributed by atoms with Crippen molar-refractivity contribution in [1.29, 1.82) is 5.26 Å². The average Bonchev–Trinajstić information content (AvgIpc) is 3.24.